The van der Waals surface area contributed by atoms with E-state index in [-0.39, 0.29) is 5.91 Å². The summed E-state index contributed by atoms with van der Waals surface area (Å²) in [5, 5.41) is 7.13. The van der Waals surface area contributed by atoms with Crippen LogP contribution in [0.4, 0.5) is 0 Å². The number of likely N-dealkylation sites (tertiary alicyclic amines) is 1. The first-order valence-corrected chi connectivity index (χ1v) is 9.56. The van der Waals surface area contributed by atoms with Gasteiger partial charge in [-0.05, 0) is 44.8 Å². The summed E-state index contributed by atoms with van der Waals surface area (Å²) in [5.74, 6) is 1.30. The standard InChI is InChI=1S/C20H28N4O2/c1-3-24-13-7-9-16(24)14-21-18(25)11-6-12-19-22-20(23-26-19)17-10-5-4-8-15(17)2/h4-5,8,10,16H,3,6-7,9,11-14H2,1-2H3,(H,21,25)/t16-/m0/s1. The zero-order valence-electron chi connectivity index (χ0n) is 15.7. The van der Waals surface area contributed by atoms with Crippen molar-refractivity contribution in [3.63, 3.8) is 0 Å². The number of carbonyl (C=O) groups is 1. The van der Waals surface area contributed by atoms with Crippen molar-refractivity contribution in [3.05, 3.63) is 35.7 Å². The Labute approximate surface area is 155 Å². The lowest BCUT2D eigenvalue weighted by atomic mass is 10.1. The number of nitrogens with one attached hydrogen (secondary N) is 1. The monoisotopic (exact) mass is 356 g/mol. The van der Waals surface area contributed by atoms with Crippen LogP contribution in [0.25, 0.3) is 11.4 Å². The van der Waals surface area contributed by atoms with Crippen molar-refractivity contribution in [2.75, 3.05) is 19.6 Å². The summed E-state index contributed by atoms with van der Waals surface area (Å²) in [7, 11) is 0. The van der Waals surface area contributed by atoms with E-state index in [2.05, 4.69) is 27.3 Å². The lowest BCUT2D eigenvalue weighted by Crippen LogP contribution is -2.39. The molecule has 0 aliphatic carbocycles. The highest BCUT2D eigenvalue weighted by atomic mass is 16.5. The second-order valence-electron chi connectivity index (χ2n) is 6.91. The Morgan fingerprint density at radius 3 is 3.04 bits per heavy atom. The van der Waals surface area contributed by atoms with E-state index >= 15 is 0 Å². The van der Waals surface area contributed by atoms with Crippen LogP contribution in [-0.4, -0.2) is 46.6 Å². The Balaban J connectivity index is 1.41. The largest absolute Gasteiger partial charge is 0.355 e. The summed E-state index contributed by atoms with van der Waals surface area (Å²) in [6.07, 6.45) is 4.23. The van der Waals surface area contributed by atoms with Crippen molar-refractivity contribution in [2.45, 2.75) is 52.0 Å². The van der Waals surface area contributed by atoms with Crippen LogP contribution in [0, 0.1) is 6.92 Å². The summed E-state index contributed by atoms with van der Waals surface area (Å²) in [6.45, 7) is 7.17. The van der Waals surface area contributed by atoms with Crippen molar-refractivity contribution < 1.29 is 9.32 Å². The van der Waals surface area contributed by atoms with Crippen LogP contribution >= 0.6 is 0 Å². The maximum absolute atomic E-state index is 12.1. The normalized spacial score (nSPS) is 17.5. The minimum Gasteiger partial charge on any atom is -0.355 e. The third-order valence-corrected chi connectivity index (χ3v) is 5.09. The predicted molar refractivity (Wildman–Crippen MR) is 101 cm³/mol. The molecule has 6 heteroatoms. The number of benzene rings is 1. The smallest absolute Gasteiger partial charge is 0.226 e. The van der Waals surface area contributed by atoms with Crippen molar-refractivity contribution in [3.8, 4) is 11.4 Å². The van der Waals surface area contributed by atoms with Gasteiger partial charge in [-0.2, -0.15) is 4.98 Å². The summed E-state index contributed by atoms with van der Waals surface area (Å²) in [4.78, 5) is 18.9. The molecule has 1 atom stereocenters. The van der Waals surface area contributed by atoms with Crippen LogP contribution in [0.1, 0.15) is 44.1 Å². The average Bonchev–Trinajstić information content (AvgIpc) is 3.29. The Hall–Kier alpha value is -2.21. The number of likely N-dealkylation sites (N-methyl/N-ethyl adjacent to an activating group) is 1. The molecule has 0 spiro atoms. The van der Waals surface area contributed by atoms with Gasteiger partial charge in [0.2, 0.25) is 17.6 Å². The summed E-state index contributed by atoms with van der Waals surface area (Å²) in [6, 6.07) is 8.47. The zero-order chi connectivity index (χ0) is 18.4. The first-order chi connectivity index (χ1) is 12.7. The first kappa shape index (κ1) is 18.6. The van der Waals surface area contributed by atoms with E-state index in [0.717, 1.165) is 30.8 Å². The molecule has 1 aliphatic heterocycles. The fraction of sp³-hybridized carbons (Fsp3) is 0.550. The van der Waals surface area contributed by atoms with E-state index < -0.39 is 0 Å². The highest BCUT2D eigenvalue weighted by molar-refractivity contribution is 5.75. The van der Waals surface area contributed by atoms with Gasteiger partial charge in [0.15, 0.2) is 0 Å². The molecule has 1 N–H and O–H groups in total. The Bertz CT molecular complexity index is 728. The molecule has 26 heavy (non-hydrogen) atoms. The van der Waals surface area contributed by atoms with Crippen LogP contribution in [0.3, 0.4) is 0 Å². The quantitative estimate of drug-likeness (QED) is 0.787. The third kappa shape index (κ3) is 4.69. The van der Waals surface area contributed by atoms with E-state index in [1.165, 1.54) is 12.8 Å². The average molecular weight is 356 g/mol. The van der Waals surface area contributed by atoms with E-state index in [1.54, 1.807) is 0 Å². The topological polar surface area (TPSA) is 71.3 Å². The van der Waals surface area contributed by atoms with E-state index in [1.807, 2.05) is 31.2 Å². The van der Waals surface area contributed by atoms with Gasteiger partial charge in [-0.25, -0.2) is 0 Å². The Kier molecular flexibility index (Phi) is 6.39. The molecular formula is C20H28N4O2. The SMILES string of the molecule is CCN1CCC[C@H]1CNC(=O)CCCc1nc(-c2ccccc2C)no1. The molecule has 1 aromatic heterocycles. The number of hydrogen-bond donors (Lipinski definition) is 1. The van der Waals surface area contributed by atoms with E-state index in [4.69, 9.17) is 4.52 Å². The predicted octanol–water partition coefficient (Wildman–Crippen LogP) is 2.97. The highest BCUT2D eigenvalue weighted by Gasteiger charge is 2.23. The van der Waals surface area contributed by atoms with Gasteiger partial charge in [0.25, 0.3) is 0 Å². The maximum Gasteiger partial charge on any atom is 0.226 e. The van der Waals surface area contributed by atoms with Crippen LogP contribution < -0.4 is 5.32 Å². The van der Waals surface area contributed by atoms with Gasteiger partial charge < -0.3 is 9.84 Å². The second-order valence-corrected chi connectivity index (χ2v) is 6.91. The Morgan fingerprint density at radius 2 is 2.23 bits per heavy atom. The van der Waals surface area contributed by atoms with E-state index in [0.29, 0.717) is 37.0 Å². The number of carbonyl (C=O) groups excluding carboxylic acids is 1. The fourth-order valence-corrected chi connectivity index (χ4v) is 3.55. The molecule has 1 saturated heterocycles. The fourth-order valence-electron chi connectivity index (χ4n) is 3.55. The molecule has 1 aromatic carbocycles. The molecule has 0 bridgehead atoms. The van der Waals surface area contributed by atoms with Crippen LogP contribution in [0.5, 0.6) is 0 Å². The lowest BCUT2D eigenvalue weighted by Gasteiger charge is -2.22. The number of aryl methyl sites for hydroxylation is 2. The summed E-state index contributed by atoms with van der Waals surface area (Å²) < 4.78 is 5.33. The van der Waals surface area contributed by atoms with Crippen molar-refractivity contribution in [1.82, 2.24) is 20.4 Å². The van der Waals surface area contributed by atoms with Gasteiger partial charge >= 0.3 is 0 Å². The number of hydrogen-bond acceptors (Lipinski definition) is 5. The molecule has 1 amide bonds. The Morgan fingerprint density at radius 1 is 1.38 bits per heavy atom. The van der Waals surface area contributed by atoms with Gasteiger partial charge in [-0.3, -0.25) is 9.69 Å². The highest BCUT2D eigenvalue weighted by Crippen LogP contribution is 2.20. The second kappa shape index (κ2) is 8.94. The van der Waals surface area contributed by atoms with Gasteiger partial charge in [0, 0.05) is 31.0 Å². The van der Waals surface area contributed by atoms with E-state index in [9.17, 15) is 4.79 Å². The van der Waals surface area contributed by atoms with Crippen molar-refractivity contribution in [2.24, 2.45) is 0 Å². The number of nitrogens with zero attached hydrogens (tertiary/aromatic N) is 3. The number of aromatic nitrogens is 2. The first-order valence-electron chi connectivity index (χ1n) is 9.56. The molecule has 6 nitrogen and oxygen atoms in total. The maximum atomic E-state index is 12.1. The molecule has 0 unspecified atom stereocenters. The molecule has 1 fully saturated rings. The van der Waals surface area contributed by atoms with Gasteiger partial charge in [0.05, 0.1) is 0 Å². The molecule has 2 heterocycles. The van der Waals surface area contributed by atoms with Gasteiger partial charge in [-0.1, -0.05) is 36.3 Å². The zero-order valence-corrected chi connectivity index (χ0v) is 15.7. The van der Waals surface area contributed by atoms with Crippen LogP contribution in [0.2, 0.25) is 0 Å². The van der Waals surface area contributed by atoms with Gasteiger partial charge in [-0.15, -0.1) is 0 Å². The minimum absolute atomic E-state index is 0.103. The summed E-state index contributed by atoms with van der Waals surface area (Å²) in [5.41, 5.74) is 2.10. The van der Waals surface area contributed by atoms with Crippen molar-refractivity contribution >= 4 is 5.91 Å². The van der Waals surface area contributed by atoms with Crippen LogP contribution in [-0.2, 0) is 11.2 Å². The summed E-state index contributed by atoms with van der Waals surface area (Å²) >= 11 is 0. The molecule has 0 radical (unpaired) electrons. The van der Waals surface area contributed by atoms with Crippen LogP contribution in [0.15, 0.2) is 28.8 Å². The van der Waals surface area contributed by atoms with Crippen molar-refractivity contribution in [1.29, 1.82) is 0 Å². The molecule has 140 valence electrons. The third-order valence-electron chi connectivity index (χ3n) is 5.09. The molecule has 1 aliphatic rings. The number of amides is 1. The van der Waals surface area contributed by atoms with Gasteiger partial charge in [0.1, 0.15) is 0 Å². The minimum atomic E-state index is 0.103. The molecule has 0 saturated carbocycles. The molecular weight excluding hydrogens is 328 g/mol. The lowest BCUT2D eigenvalue weighted by molar-refractivity contribution is -0.121. The molecule has 3 rings (SSSR count). The number of rotatable bonds is 8. The molecule has 2 aromatic rings.